The van der Waals surface area contributed by atoms with E-state index in [1.807, 2.05) is 0 Å². The van der Waals surface area contributed by atoms with Crippen molar-refractivity contribution in [3.05, 3.63) is 23.5 Å². The molecule has 1 atom stereocenters. The molecule has 0 bridgehead atoms. The van der Waals surface area contributed by atoms with Gasteiger partial charge in [0.2, 0.25) is 10.0 Å². The number of aromatic nitrogens is 2. The molecule has 3 rings (SSSR count). The second-order valence-corrected chi connectivity index (χ2v) is 8.44. The molecule has 1 unspecified atom stereocenters. The molecular weight excluding hydrogens is 372 g/mol. The van der Waals surface area contributed by atoms with Crippen LogP contribution < -0.4 is 0 Å². The molecule has 0 radical (unpaired) electrons. The lowest BCUT2D eigenvalue weighted by Gasteiger charge is -2.23. The highest BCUT2D eigenvalue weighted by Gasteiger charge is 2.33. The highest BCUT2D eigenvalue weighted by atomic mass is 32.2. The van der Waals surface area contributed by atoms with Crippen LogP contribution in [0.5, 0.6) is 0 Å². The molecule has 0 aliphatic carbocycles. The average molecular weight is 394 g/mol. The van der Waals surface area contributed by atoms with Crippen LogP contribution in [0, 0.1) is 13.8 Å². The molecule has 2 amide bonds. The monoisotopic (exact) mass is 394 g/mol. The predicted octanol–water partition coefficient (Wildman–Crippen LogP) is 0.177. The SMILES string of the molecule is Cc1nn(C)c(C)c1S(=O)(=O)N1CCCN(C(=O)C2C=CC(=O)N=N2)CC1. The van der Waals surface area contributed by atoms with Gasteiger partial charge < -0.3 is 4.90 Å². The van der Waals surface area contributed by atoms with Gasteiger partial charge >= 0.3 is 0 Å². The third kappa shape index (κ3) is 3.69. The summed E-state index contributed by atoms with van der Waals surface area (Å²) in [6, 6.07) is -0.825. The first-order chi connectivity index (χ1) is 12.7. The van der Waals surface area contributed by atoms with E-state index in [2.05, 4.69) is 15.3 Å². The Balaban J connectivity index is 1.75. The van der Waals surface area contributed by atoms with Gasteiger partial charge in [0, 0.05) is 39.3 Å². The van der Waals surface area contributed by atoms with E-state index in [-0.39, 0.29) is 23.9 Å². The van der Waals surface area contributed by atoms with Crippen LogP contribution in [0.15, 0.2) is 27.3 Å². The smallest absolute Gasteiger partial charge is 0.287 e. The van der Waals surface area contributed by atoms with E-state index >= 15 is 0 Å². The molecule has 1 saturated heterocycles. The Morgan fingerprint density at radius 1 is 1.19 bits per heavy atom. The van der Waals surface area contributed by atoms with Crippen LogP contribution in [0.3, 0.4) is 0 Å². The number of rotatable bonds is 3. The molecule has 0 N–H and O–H groups in total. The van der Waals surface area contributed by atoms with Gasteiger partial charge in [-0.1, -0.05) is 0 Å². The van der Waals surface area contributed by atoms with Crippen LogP contribution in [-0.4, -0.2) is 71.4 Å². The zero-order valence-electron chi connectivity index (χ0n) is 15.5. The minimum absolute atomic E-state index is 0.189. The van der Waals surface area contributed by atoms with Crippen molar-refractivity contribution in [2.24, 2.45) is 17.3 Å². The van der Waals surface area contributed by atoms with E-state index in [9.17, 15) is 18.0 Å². The number of aryl methyl sites for hydroxylation is 2. The molecule has 2 aliphatic heterocycles. The fourth-order valence-corrected chi connectivity index (χ4v) is 5.16. The number of carbonyl (C=O) groups is 2. The van der Waals surface area contributed by atoms with E-state index in [0.29, 0.717) is 30.9 Å². The van der Waals surface area contributed by atoms with E-state index in [1.165, 1.54) is 16.5 Å². The van der Waals surface area contributed by atoms with E-state index in [4.69, 9.17) is 0 Å². The number of hydrogen-bond acceptors (Lipinski definition) is 6. The quantitative estimate of drug-likeness (QED) is 0.725. The van der Waals surface area contributed by atoms with E-state index in [0.717, 1.165) is 0 Å². The zero-order chi connectivity index (χ0) is 19.8. The topological polar surface area (TPSA) is 117 Å². The molecule has 0 spiro atoms. The summed E-state index contributed by atoms with van der Waals surface area (Å²) in [7, 11) is -1.99. The highest BCUT2D eigenvalue weighted by molar-refractivity contribution is 7.89. The Bertz CT molecular complexity index is 917. The Labute approximate surface area is 157 Å². The summed E-state index contributed by atoms with van der Waals surface area (Å²) >= 11 is 0. The molecule has 10 nitrogen and oxygen atoms in total. The summed E-state index contributed by atoms with van der Waals surface area (Å²) in [5.74, 6) is -0.773. The Morgan fingerprint density at radius 2 is 1.93 bits per heavy atom. The van der Waals surface area contributed by atoms with Gasteiger partial charge in [-0.05, 0) is 26.3 Å². The van der Waals surface area contributed by atoms with Gasteiger partial charge in [-0.2, -0.15) is 14.5 Å². The third-order valence-corrected chi connectivity index (χ3v) is 6.91. The lowest BCUT2D eigenvalue weighted by molar-refractivity contribution is -0.131. The minimum atomic E-state index is -3.70. The largest absolute Gasteiger partial charge is 0.339 e. The summed E-state index contributed by atoms with van der Waals surface area (Å²) in [6.45, 7) is 4.58. The number of hydrogen-bond donors (Lipinski definition) is 0. The van der Waals surface area contributed by atoms with Crippen molar-refractivity contribution in [2.75, 3.05) is 26.2 Å². The molecule has 146 valence electrons. The molecular formula is C16H22N6O4S. The average Bonchev–Trinajstić information content (AvgIpc) is 2.81. The second-order valence-electron chi connectivity index (χ2n) is 6.56. The van der Waals surface area contributed by atoms with Gasteiger partial charge in [-0.3, -0.25) is 14.3 Å². The van der Waals surface area contributed by atoms with Crippen LogP contribution in [0.4, 0.5) is 0 Å². The summed E-state index contributed by atoms with van der Waals surface area (Å²) < 4.78 is 29.1. The number of azo groups is 1. The Morgan fingerprint density at radius 3 is 2.52 bits per heavy atom. The first kappa shape index (κ1) is 19.4. The van der Waals surface area contributed by atoms with Gasteiger partial charge in [0.15, 0.2) is 6.04 Å². The molecule has 3 heterocycles. The maximum absolute atomic E-state index is 13.1. The number of sulfonamides is 1. The lowest BCUT2D eigenvalue weighted by Crippen LogP contribution is -2.41. The number of nitrogens with zero attached hydrogens (tertiary/aromatic N) is 6. The van der Waals surface area contributed by atoms with Crippen molar-refractivity contribution in [1.29, 1.82) is 0 Å². The minimum Gasteiger partial charge on any atom is -0.339 e. The van der Waals surface area contributed by atoms with E-state index < -0.39 is 22.0 Å². The van der Waals surface area contributed by atoms with Gasteiger partial charge in [0.1, 0.15) is 4.90 Å². The zero-order valence-corrected chi connectivity index (χ0v) is 16.3. The van der Waals surface area contributed by atoms with Crippen molar-refractivity contribution in [1.82, 2.24) is 19.0 Å². The summed E-state index contributed by atoms with van der Waals surface area (Å²) in [5, 5.41) is 11.3. The second kappa shape index (κ2) is 7.31. The standard InChI is InChI=1S/C16H22N6O4S/c1-11-15(12(2)20(3)19-11)27(25,26)22-8-4-7-21(9-10-22)16(24)13-5-6-14(23)18-17-13/h5-6,13H,4,7-10H2,1-3H3. The van der Waals surface area contributed by atoms with Crippen molar-refractivity contribution in [3.8, 4) is 0 Å². The van der Waals surface area contributed by atoms with Gasteiger partial charge in [0.05, 0.1) is 11.4 Å². The number of carbonyl (C=O) groups excluding carboxylic acids is 2. The van der Waals surface area contributed by atoms with Crippen LogP contribution in [0.2, 0.25) is 0 Å². The van der Waals surface area contributed by atoms with Gasteiger partial charge in [0.25, 0.3) is 11.8 Å². The maximum Gasteiger partial charge on any atom is 0.287 e. The van der Waals surface area contributed by atoms with Crippen molar-refractivity contribution in [2.45, 2.75) is 31.2 Å². The first-order valence-electron chi connectivity index (χ1n) is 8.64. The van der Waals surface area contributed by atoms with E-state index in [1.54, 1.807) is 30.5 Å². The maximum atomic E-state index is 13.1. The lowest BCUT2D eigenvalue weighted by atomic mass is 10.2. The van der Waals surface area contributed by atoms with Crippen molar-refractivity contribution < 1.29 is 18.0 Å². The molecule has 0 aromatic carbocycles. The molecule has 11 heteroatoms. The van der Waals surface area contributed by atoms with Crippen molar-refractivity contribution >= 4 is 21.8 Å². The van der Waals surface area contributed by atoms with Crippen LogP contribution >= 0.6 is 0 Å². The third-order valence-electron chi connectivity index (χ3n) is 4.76. The number of amides is 2. The van der Waals surface area contributed by atoms with Gasteiger partial charge in [-0.15, -0.1) is 5.11 Å². The highest BCUT2D eigenvalue weighted by Crippen LogP contribution is 2.24. The molecule has 1 fully saturated rings. The normalized spacial score (nSPS) is 21.5. The fraction of sp³-hybridized carbons (Fsp3) is 0.562. The summed E-state index contributed by atoms with van der Waals surface area (Å²) in [4.78, 5) is 25.4. The Hall–Kier alpha value is -2.40. The molecule has 27 heavy (non-hydrogen) atoms. The van der Waals surface area contributed by atoms with Crippen LogP contribution in [0.25, 0.3) is 0 Å². The van der Waals surface area contributed by atoms with Crippen molar-refractivity contribution in [3.63, 3.8) is 0 Å². The predicted molar refractivity (Wildman–Crippen MR) is 95.4 cm³/mol. The molecule has 1 aromatic heterocycles. The van der Waals surface area contributed by atoms with Crippen LogP contribution in [-0.2, 0) is 26.7 Å². The van der Waals surface area contributed by atoms with Crippen LogP contribution in [0.1, 0.15) is 17.8 Å². The fourth-order valence-electron chi connectivity index (χ4n) is 3.29. The molecule has 0 saturated carbocycles. The Kier molecular flexibility index (Phi) is 5.24. The summed E-state index contributed by atoms with van der Waals surface area (Å²) in [6.07, 6.45) is 3.15. The van der Waals surface area contributed by atoms with Gasteiger partial charge in [-0.25, -0.2) is 8.42 Å². The molecule has 2 aliphatic rings. The molecule has 1 aromatic rings. The summed E-state index contributed by atoms with van der Waals surface area (Å²) in [5.41, 5.74) is 1.05. The first-order valence-corrected chi connectivity index (χ1v) is 10.1.